The van der Waals surface area contributed by atoms with Gasteiger partial charge in [0.15, 0.2) is 5.82 Å². The van der Waals surface area contributed by atoms with Gasteiger partial charge < -0.3 is 5.32 Å². The quantitative estimate of drug-likeness (QED) is 0.483. The first-order valence-electron chi connectivity index (χ1n) is 8.19. The van der Waals surface area contributed by atoms with E-state index in [4.69, 9.17) is 0 Å². The van der Waals surface area contributed by atoms with E-state index in [9.17, 15) is 9.59 Å². The average molecular weight is 365 g/mol. The second kappa shape index (κ2) is 7.15. The van der Waals surface area contributed by atoms with E-state index in [0.717, 1.165) is 11.0 Å². The van der Waals surface area contributed by atoms with Gasteiger partial charge in [-0.15, -0.1) is 10.2 Å². The molecule has 4 rings (SSSR count). The number of amides is 1. The van der Waals surface area contributed by atoms with Crippen molar-refractivity contribution in [2.75, 3.05) is 6.54 Å². The van der Waals surface area contributed by atoms with Crippen LogP contribution in [0.15, 0.2) is 53.8 Å². The van der Waals surface area contributed by atoms with Gasteiger partial charge in [-0.3, -0.25) is 9.59 Å². The molecule has 0 aliphatic carbocycles. The van der Waals surface area contributed by atoms with Crippen LogP contribution in [-0.4, -0.2) is 52.0 Å². The fourth-order valence-electron chi connectivity index (χ4n) is 2.57. The molecule has 0 fully saturated rings. The molecule has 3 aromatic heterocycles. The number of fused-ring (bicyclic) bond motifs is 1. The zero-order valence-corrected chi connectivity index (χ0v) is 14.1. The minimum atomic E-state index is -0.268. The van der Waals surface area contributed by atoms with E-state index in [1.54, 1.807) is 6.07 Å². The third kappa shape index (κ3) is 3.56. The monoisotopic (exact) mass is 365 g/mol. The van der Waals surface area contributed by atoms with Gasteiger partial charge in [-0.25, -0.2) is 19.0 Å². The van der Waals surface area contributed by atoms with Crippen LogP contribution in [0.5, 0.6) is 0 Å². The van der Waals surface area contributed by atoms with Crippen molar-refractivity contribution >= 4 is 16.9 Å². The first-order valence-corrected chi connectivity index (χ1v) is 8.19. The first-order chi connectivity index (χ1) is 13.2. The Morgan fingerprint density at radius 2 is 2.00 bits per heavy atom. The average Bonchev–Trinajstić information content (AvgIpc) is 3.34. The van der Waals surface area contributed by atoms with Crippen LogP contribution in [0, 0.1) is 0 Å². The van der Waals surface area contributed by atoms with E-state index in [2.05, 4.69) is 30.8 Å². The molecule has 0 atom stereocenters. The van der Waals surface area contributed by atoms with Crippen LogP contribution in [0.2, 0.25) is 0 Å². The Morgan fingerprint density at radius 1 is 1.11 bits per heavy atom. The number of hydrogen-bond acceptors (Lipinski definition) is 7. The van der Waals surface area contributed by atoms with Gasteiger partial charge in [0.1, 0.15) is 24.7 Å². The Morgan fingerprint density at radius 3 is 2.85 bits per heavy atom. The van der Waals surface area contributed by atoms with Crippen molar-refractivity contribution in [1.82, 2.24) is 44.9 Å². The van der Waals surface area contributed by atoms with E-state index < -0.39 is 0 Å². The molecule has 0 spiro atoms. The molecule has 1 amide bonds. The lowest BCUT2D eigenvalue weighted by atomic mass is 10.3. The lowest BCUT2D eigenvalue weighted by Crippen LogP contribution is -2.34. The Bertz CT molecular complexity index is 1130. The Labute approximate surface area is 152 Å². The molecule has 0 saturated heterocycles. The largest absolute Gasteiger partial charge is 0.353 e. The fourth-order valence-corrected chi connectivity index (χ4v) is 2.57. The van der Waals surface area contributed by atoms with E-state index >= 15 is 0 Å². The molecular formula is C16H15N9O2. The summed E-state index contributed by atoms with van der Waals surface area (Å²) in [5, 5.41) is 18.9. The van der Waals surface area contributed by atoms with Crippen LogP contribution in [0.4, 0.5) is 0 Å². The minimum Gasteiger partial charge on any atom is -0.353 e. The maximum absolute atomic E-state index is 12.2. The number of carbonyl (C=O) groups excluding carboxylic acids is 1. The summed E-state index contributed by atoms with van der Waals surface area (Å²) >= 11 is 0. The molecule has 0 aliphatic rings. The summed E-state index contributed by atoms with van der Waals surface area (Å²) in [6.45, 7) is 0.520. The van der Waals surface area contributed by atoms with E-state index in [1.165, 1.54) is 32.8 Å². The second-order valence-electron chi connectivity index (χ2n) is 5.68. The van der Waals surface area contributed by atoms with Crippen LogP contribution in [0.3, 0.4) is 0 Å². The van der Waals surface area contributed by atoms with Gasteiger partial charge in [0.25, 0.3) is 5.56 Å². The molecule has 136 valence electrons. The summed E-state index contributed by atoms with van der Waals surface area (Å²) in [6, 6.07) is 10.4. The summed E-state index contributed by atoms with van der Waals surface area (Å²) in [7, 11) is 0. The van der Waals surface area contributed by atoms with Crippen LogP contribution in [0.25, 0.3) is 16.9 Å². The summed E-state index contributed by atoms with van der Waals surface area (Å²) < 4.78 is 4.24. The Hall–Kier alpha value is -3.89. The summed E-state index contributed by atoms with van der Waals surface area (Å²) in [6.07, 6.45) is 2.87. The molecule has 1 N–H and O–H groups in total. The summed E-state index contributed by atoms with van der Waals surface area (Å²) in [5.74, 6) is 0.235. The van der Waals surface area contributed by atoms with Crippen LogP contribution < -0.4 is 10.9 Å². The van der Waals surface area contributed by atoms with Gasteiger partial charge in [-0.2, -0.15) is 5.10 Å². The highest BCUT2D eigenvalue weighted by Crippen LogP contribution is 2.09. The maximum Gasteiger partial charge on any atom is 0.266 e. The molecule has 0 saturated carbocycles. The van der Waals surface area contributed by atoms with Crippen LogP contribution in [-0.2, 0) is 17.9 Å². The topological polar surface area (TPSA) is 125 Å². The standard InChI is InChI=1S/C16H15N9O2/c26-15(9-24-13-4-2-1-3-12(13)20-22-24)18-7-8-23-16(27)6-5-14(21-23)25-11-17-10-19-25/h1-6,10-11H,7-9H2,(H,18,26). The number of carbonyl (C=O) groups is 1. The maximum atomic E-state index is 12.2. The van der Waals surface area contributed by atoms with E-state index in [1.807, 2.05) is 24.3 Å². The van der Waals surface area contributed by atoms with Crippen molar-refractivity contribution in [1.29, 1.82) is 0 Å². The second-order valence-corrected chi connectivity index (χ2v) is 5.68. The van der Waals surface area contributed by atoms with Crippen molar-refractivity contribution < 1.29 is 4.79 Å². The molecule has 0 radical (unpaired) electrons. The number of hydrogen-bond donors (Lipinski definition) is 1. The van der Waals surface area contributed by atoms with Gasteiger partial charge in [-0.1, -0.05) is 17.3 Å². The number of benzene rings is 1. The molecule has 1 aromatic carbocycles. The van der Waals surface area contributed by atoms with Gasteiger partial charge in [-0.05, 0) is 18.2 Å². The zero-order chi connectivity index (χ0) is 18.6. The zero-order valence-electron chi connectivity index (χ0n) is 14.1. The SMILES string of the molecule is O=C(Cn1nnc2ccccc21)NCCn1nc(-n2cncn2)ccc1=O. The Kier molecular flexibility index (Phi) is 4.39. The molecule has 11 heteroatoms. The third-order valence-corrected chi connectivity index (χ3v) is 3.87. The summed E-state index contributed by atoms with van der Waals surface area (Å²) in [5.41, 5.74) is 1.24. The number of aromatic nitrogens is 8. The van der Waals surface area contributed by atoms with Crippen molar-refractivity contribution in [3.05, 3.63) is 59.4 Å². The highest BCUT2D eigenvalue weighted by atomic mass is 16.2. The first kappa shape index (κ1) is 16.6. The highest BCUT2D eigenvalue weighted by Gasteiger charge is 2.09. The molecule has 0 unspecified atom stereocenters. The number of nitrogens with one attached hydrogen (secondary N) is 1. The van der Waals surface area contributed by atoms with Crippen molar-refractivity contribution in [3.8, 4) is 5.82 Å². The molecule has 0 aliphatic heterocycles. The summed E-state index contributed by atoms with van der Waals surface area (Å²) in [4.78, 5) is 27.9. The fraction of sp³-hybridized carbons (Fsp3) is 0.188. The number of rotatable bonds is 6. The highest BCUT2D eigenvalue weighted by molar-refractivity contribution is 5.79. The normalized spacial score (nSPS) is 11.0. The molecule has 11 nitrogen and oxygen atoms in total. The molecule has 27 heavy (non-hydrogen) atoms. The van der Waals surface area contributed by atoms with E-state index in [-0.39, 0.29) is 31.1 Å². The van der Waals surface area contributed by atoms with Crippen molar-refractivity contribution in [2.45, 2.75) is 13.1 Å². The van der Waals surface area contributed by atoms with Crippen LogP contribution >= 0.6 is 0 Å². The van der Waals surface area contributed by atoms with Gasteiger partial charge in [0.2, 0.25) is 5.91 Å². The smallest absolute Gasteiger partial charge is 0.266 e. The lowest BCUT2D eigenvalue weighted by Gasteiger charge is -2.08. The molecule has 3 heterocycles. The van der Waals surface area contributed by atoms with Crippen LogP contribution in [0.1, 0.15) is 0 Å². The van der Waals surface area contributed by atoms with Gasteiger partial charge >= 0.3 is 0 Å². The predicted molar refractivity (Wildman–Crippen MR) is 94.0 cm³/mol. The number of para-hydroxylation sites is 1. The van der Waals surface area contributed by atoms with Gasteiger partial charge in [0, 0.05) is 12.6 Å². The molecule has 0 bridgehead atoms. The van der Waals surface area contributed by atoms with Crippen molar-refractivity contribution in [3.63, 3.8) is 0 Å². The molecule has 4 aromatic rings. The van der Waals surface area contributed by atoms with E-state index in [0.29, 0.717) is 5.82 Å². The van der Waals surface area contributed by atoms with Crippen molar-refractivity contribution in [2.24, 2.45) is 0 Å². The minimum absolute atomic E-state index is 0.0435. The third-order valence-electron chi connectivity index (χ3n) is 3.87. The lowest BCUT2D eigenvalue weighted by molar-refractivity contribution is -0.121. The molecular weight excluding hydrogens is 350 g/mol. The Balaban J connectivity index is 1.37. The van der Waals surface area contributed by atoms with Gasteiger partial charge in [0.05, 0.1) is 12.1 Å². The number of nitrogens with zero attached hydrogens (tertiary/aromatic N) is 8. The predicted octanol–water partition coefficient (Wildman–Crippen LogP) is -0.615.